The molecule has 8 heteroatoms. The van der Waals surface area contributed by atoms with Gasteiger partial charge in [-0.3, -0.25) is 14.6 Å². The Bertz CT molecular complexity index is 1490. The van der Waals surface area contributed by atoms with Gasteiger partial charge in [-0.1, -0.05) is 12.1 Å². The van der Waals surface area contributed by atoms with Crippen molar-refractivity contribution in [3.8, 4) is 11.5 Å². The SMILES string of the molecule is COc1ccc(CNC(=O)c2ccc([C@@H]3C[C@H]3C(=O)Nc3ccc4cnccc4c3)cc2F)c(OC)c1. The molecule has 1 fully saturated rings. The Morgan fingerprint density at radius 2 is 1.86 bits per heavy atom. The molecule has 0 aliphatic heterocycles. The van der Waals surface area contributed by atoms with Crippen LogP contribution < -0.4 is 20.1 Å². The maximum atomic E-state index is 14.9. The Morgan fingerprint density at radius 1 is 1.00 bits per heavy atom. The van der Waals surface area contributed by atoms with E-state index in [1.54, 1.807) is 43.8 Å². The van der Waals surface area contributed by atoms with Gasteiger partial charge in [0.05, 0.1) is 19.8 Å². The number of carbonyl (C=O) groups is 2. The zero-order valence-corrected chi connectivity index (χ0v) is 20.5. The molecule has 1 aromatic heterocycles. The molecule has 4 aromatic rings. The number of aromatic nitrogens is 1. The lowest BCUT2D eigenvalue weighted by atomic mass is 10.0. The summed E-state index contributed by atoms with van der Waals surface area (Å²) in [5, 5.41) is 7.67. The second kappa shape index (κ2) is 10.3. The van der Waals surface area contributed by atoms with Gasteiger partial charge < -0.3 is 20.1 Å². The van der Waals surface area contributed by atoms with Crippen molar-refractivity contribution in [2.24, 2.45) is 5.92 Å². The van der Waals surface area contributed by atoms with Crippen molar-refractivity contribution in [3.63, 3.8) is 0 Å². The van der Waals surface area contributed by atoms with Crippen LogP contribution in [-0.4, -0.2) is 31.0 Å². The predicted octanol–water partition coefficient (Wildman–Crippen LogP) is 5.06. The van der Waals surface area contributed by atoms with Crippen molar-refractivity contribution in [1.82, 2.24) is 10.3 Å². The van der Waals surface area contributed by atoms with Crippen molar-refractivity contribution >= 4 is 28.3 Å². The molecule has 2 N–H and O–H groups in total. The van der Waals surface area contributed by atoms with E-state index in [2.05, 4.69) is 15.6 Å². The van der Waals surface area contributed by atoms with Crippen LogP contribution in [0.5, 0.6) is 11.5 Å². The third kappa shape index (κ3) is 5.23. The normalized spacial score (nSPS) is 16.2. The van der Waals surface area contributed by atoms with E-state index in [0.29, 0.717) is 29.2 Å². The largest absolute Gasteiger partial charge is 0.497 e. The minimum Gasteiger partial charge on any atom is -0.497 e. The molecule has 0 bridgehead atoms. The van der Waals surface area contributed by atoms with Gasteiger partial charge in [-0.05, 0) is 65.8 Å². The monoisotopic (exact) mass is 499 g/mol. The number of hydrogen-bond acceptors (Lipinski definition) is 5. The van der Waals surface area contributed by atoms with Gasteiger partial charge in [0.25, 0.3) is 5.91 Å². The molecule has 1 aliphatic carbocycles. The minimum atomic E-state index is -0.620. The molecule has 7 nitrogen and oxygen atoms in total. The van der Waals surface area contributed by atoms with Gasteiger partial charge in [-0.15, -0.1) is 0 Å². The van der Waals surface area contributed by atoms with E-state index in [0.717, 1.165) is 16.3 Å². The van der Waals surface area contributed by atoms with E-state index in [1.165, 1.54) is 19.2 Å². The maximum Gasteiger partial charge on any atom is 0.254 e. The number of nitrogens with one attached hydrogen (secondary N) is 2. The molecule has 0 unspecified atom stereocenters. The van der Waals surface area contributed by atoms with Crippen molar-refractivity contribution in [2.75, 3.05) is 19.5 Å². The lowest BCUT2D eigenvalue weighted by Gasteiger charge is -2.12. The summed E-state index contributed by atoms with van der Waals surface area (Å²) in [6.07, 6.45) is 4.11. The molecule has 37 heavy (non-hydrogen) atoms. The first-order chi connectivity index (χ1) is 18.0. The molecular weight excluding hydrogens is 473 g/mol. The summed E-state index contributed by atoms with van der Waals surface area (Å²) < 4.78 is 25.4. The Labute approximate surface area is 213 Å². The number of hydrogen-bond donors (Lipinski definition) is 2. The van der Waals surface area contributed by atoms with Crippen LogP contribution in [0.25, 0.3) is 10.8 Å². The minimum absolute atomic E-state index is 0.0523. The summed E-state index contributed by atoms with van der Waals surface area (Å²) in [7, 11) is 3.09. The highest BCUT2D eigenvalue weighted by Gasteiger charge is 2.44. The molecule has 5 rings (SSSR count). The third-order valence-electron chi connectivity index (χ3n) is 6.63. The molecule has 1 aliphatic rings. The number of nitrogens with zero attached hydrogens (tertiary/aromatic N) is 1. The lowest BCUT2D eigenvalue weighted by Crippen LogP contribution is -2.24. The Kier molecular flexibility index (Phi) is 6.72. The zero-order valence-electron chi connectivity index (χ0n) is 20.5. The maximum absolute atomic E-state index is 14.9. The molecule has 1 saturated carbocycles. The Hall–Kier alpha value is -4.46. The van der Waals surface area contributed by atoms with Gasteiger partial charge in [-0.2, -0.15) is 0 Å². The van der Waals surface area contributed by atoms with Crippen LogP contribution in [0.2, 0.25) is 0 Å². The Morgan fingerprint density at radius 3 is 2.65 bits per heavy atom. The standard InChI is InChI=1S/C29H26FN3O4/c1-36-22-7-4-20(27(13-22)37-2)16-32-28(34)23-8-5-18(12-26(23)30)24-14-25(24)29(35)33-21-6-3-19-15-31-10-9-17(19)11-21/h3-13,15,24-25H,14,16H2,1-2H3,(H,32,34)(H,33,35)/t24-,25+/m0/s1. The van der Waals surface area contributed by atoms with Crippen molar-refractivity contribution in [3.05, 3.63) is 95.6 Å². The van der Waals surface area contributed by atoms with Gasteiger partial charge in [0.15, 0.2) is 0 Å². The highest BCUT2D eigenvalue weighted by atomic mass is 19.1. The molecular formula is C29H26FN3O4. The van der Waals surface area contributed by atoms with Crippen molar-refractivity contribution < 1.29 is 23.5 Å². The highest BCUT2D eigenvalue weighted by molar-refractivity contribution is 5.97. The fraction of sp³-hybridized carbons (Fsp3) is 0.207. The van der Waals surface area contributed by atoms with Gasteiger partial charge in [0, 0.05) is 47.6 Å². The van der Waals surface area contributed by atoms with Gasteiger partial charge in [0.1, 0.15) is 17.3 Å². The number of carbonyl (C=O) groups excluding carboxylic acids is 2. The third-order valence-corrected chi connectivity index (χ3v) is 6.63. The molecule has 2 amide bonds. The molecule has 188 valence electrons. The first kappa shape index (κ1) is 24.2. The summed E-state index contributed by atoms with van der Waals surface area (Å²) in [6, 6.07) is 17.3. The number of methoxy groups -OCH3 is 2. The summed E-state index contributed by atoms with van der Waals surface area (Å²) in [4.78, 5) is 29.5. The van der Waals surface area contributed by atoms with Gasteiger partial charge >= 0.3 is 0 Å². The smallest absolute Gasteiger partial charge is 0.254 e. The molecule has 3 aromatic carbocycles. The first-order valence-electron chi connectivity index (χ1n) is 11.9. The van der Waals surface area contributed by atoms with E-state index in [4.69, 9.17) is 9.47 Å². The van der Waals surface area contributed by atoms with Gasteiger partial charge in [-0.25, -0.2) is 4.39 Å². The van der Waals surface area contributed by atoms with E-state index < -0.39 is 11.7 Å². The van der Waals surface area contributed by atoms with Crippen LogP contribution in [0, 0.1) is 11.7 Å². The fourth-order valence-electron chi connectivity index (χ4n) is 4.46. The average Bonchev–Trinajstić information content (AvgIpc) is 3.73. The van der Waals surface area contributed by atoms with Crippen LogP contribution >= 0.6 is 0 Å². The summed E-state index contributed by atoms with van der Waals surface area (Å²) in [6.45, 7) is 0.170. The van der Waals surface area contributed by atoms with Gasteiger partial charge in [0.2, 0.25) is 5.91 Å². The van der Waals surface area contributed by atoms with E-state index in [9.17, 15) is 14.0 Å². The number of benzene rings is 3. The quantitative estimate of drug-likeness (QED) is 0.354. The van der Waals surface area contributed by atoms with Crippen LogP contribution in [-0.2, 0) is 11.3 Å². The number of amides is 2. The van der Waals surface area contributed by atoms with Crippen LogP contribution in [0.4, 0.5) is 10.1 Å². The topological polar surface area (TPSA) is 89.5 Å². The van der Waals surface area contributed by atoms with Crippen LogP contribution in [0.15, 0.2) is 73.1 Å². The molecule has 1 heterocycles. The van der Waals surface area contributed by atoms with Crippen molar-refractivity contribution in [2.45, 2.75) is 18.9 Å². The summed E-state index contributed by atoms with van der Waals surface area (Å²) in [5.74, 6) is -0.377. The zero-order chi connectivity index (χ0) is 25.9. The number of halogens is 1. The lowest BCUT2D eigenvalue weighted by molar-refractivity contribution is -0.117. The fourth-order valence-corrected chi connectivity index (χ4v) is 4.46. The number of rotatable bonds is 8. The summed E-state index contributed by atoms with van der Waals surface area (Å²) >= 11 is 0. The highest BCUT2D eigenvalue weighted by Crippen LogP contribution is 2.48. The summed E-state index contributed by atoms with van der Waals surface area (Å²) in [5.41, 5.74) is 2.10. The number of anilines is 1. The molecule has 0 saturated heterocycles. The predicted molar refractivity (Wildman–Crippen MR) is 138 cm³/mol. The second-order valence-corrected chi connectivity index (χ2v) is 8.98. The van der Waals surface area contributed by atoms with Crippen LogP contribution in [0.1, 0.15) is 33.8 Å². The Balaban J connectivity index is 1.20. The van der Waals surface area contributed by atoms with Crippen molar-refractivity contribution in [1.29, 1.82) is 0 Å². The van der Waals surface area contributed by atoms with E-state index in [1.807, 2.05) is 24.3 Å². The second-order valence-electron chi connectivity index (χ2n) is 8.98. The number of ether oxygens (including phenoxy) is 2. The molecule has 2 atom stereocenters. The van der Waals surface area contributed by atoms with Crippen LogP contribution in [0.3, 0.4) is 0 Å². The number of pyridine rings is 1. The number of fused-ring (bicyclic) bond motifs is 1. The van der Waals surface area contributed by atoms with E-state index in [-0.39, 0.29) is 29.9 Å². The molecule has 0 radical (unpaired) electrons. The first-order valence-corrected chi connectivity index (χ1v) is 11.9. The molecule has 0 spiro atoms. The average molecular weight is 500 g/mol. The van der Waals surface area contributed by atoms with E-state index >= 15 is 0 Å².